The van der Waals surface area contributed by atoms with E-state index in [4.69, 9.17) is 5.11 Å². The van der Waals surface area contributed by atoms with Gasteiger partial charge in [0.15, 0.2) is 15.5 Å². The van der Waals surface area contributed by atoms with E-state index in [-0.39, 0.29) is 23.7 Å². The summed E-state index contributed by atoms with van der Waals surface area (Å²) in [5.41, 5.74) is -0.0712. The molecule has 118 valence electrons. The van der Waals surface area contributed by atoms with Crippen LogP contribution in [0.2, 0.25) is 0 Å². The van der Waals surface area contributed by atoms with Crippen LogP contribution in [0.1, 0.15) is 35.4 Å². The molecule has 1 unspecified atom stereocenters. The molecule has 3 N–H and O–H groups in total. The topological polar surface area (TPSA) is 125 Å². The van der Waals surface area contributed by atoms with Gasteiger partial charge in [-0.2, -0.15) is 0 Å². The molecule has 8 nitrogen and oxygen atoms in total. The first kappa shape index (κ1) is 17.4. The minimum Gasteiger partial charge on any atom is -0.476 e. The number of carboxylic acid groups (broad SMARTS) is 1. The highest BCUT2D eigenvalue weighted by atomic mass is 32.2. The molecule has 1 aromatic rings. The van der Waals surface area contributed by atoms with Crippen LogP contribution in [0.15, 0.2) is 5.38 Å². The number of rotatable bonds is 7. The van der Waals surface area contributed by atoms with Crippen LogP contribution in [-0.4, -0.2) is 48.6 Å². The number of carbonyl (C=O) groups is 2. The third-order valence-electron chi connectivity index (χ3n) is 2.60. The Labute approximate surface area is 126 Å². The summed E-state index contributed by atoms with van der Waals surface area (Å²) in [6, 6.07) is -0.994. The third-order valence-corrected chi connectivity index (χ3v) is 5.33. The number of amides is 2. The summed E-state index contributed by atoms with van der Waals surface area (Å²) in [7, 11) is -3.12. The van der Waals surface area contributed by atoms with Crippen molar-refractivity contribution in [3.63, 3.8) is 0 Å². The first-order valence-corrected chi connectivity index (χ1v) is 8.88. The van der Waals surface area contributed by atoms with Crippen molar-refractivity contribution < 1.29 is 23.1 Å². The highest BCUT2D eigenvalue weighted by Crippen LogP contribution is 2.17. The van der Waals surface area contributed by atoms with Crippen molar-refractivity contribution >= 4 is 33.2 Å². The quantitative estimate of drug-likeness (QED) is 0.671. The molecule has 0 aliphatic heterocycles. The first-order chi connectivity index (χ1) is 9.75. The number of carbonyl (C=O) groups excluding carboxylic acids is 1. The van der Waals surface area contributed by atoms with E-state index in [2.05, 4.69) is 15.6 Å². The fourth-order valence-electron chi connectivity index (χ4n) is 1.36. The van der Waals surface area contributed by atoms with Crippen LogP contribution in [0.25, 0.3) is 0 Å². The number of hydrogen-bond donors (Lipinski definition) is 3. The van der Waals surface area contributed by atoms with Crippen LogP contribution in [0.3, 0.4) is 0 Å². The van der Waals surface area contributed by atoms with Gasteiger partial charge in [-0.1, -0.05) is 6.92 Å². The highest BCUT2D eigenvalue weighted by Gasteiger charge is 2.16. The van der Waals surface area contributed by atoms with Gasteiger partial charge < -0.3 is 15.7 Å². The molecule has 21 heavy (non-hydrogen) atoms. The standard InChI is InChI=1S/C11H17N3O5S2/c1-3-21(18,19)5-4-12-11(17)13-7(2)9-14-8(6-20-9)10(15)16/h6-7H,3-5H2,1-2H3,(H,15,16)(H2,12,13,17). The van der Waals surface area contributed by atoms with Crippen LogP contribution in [-0.2, 0) is 9.84 Å². The molecule has 0 saturated carbocycles. The second-order valence-electron chi connectivity index (χ2n) is 4.23. The molecule has 0 radical (unpaired) electrons. The first-order valence-electron chi connectivity index (χ1n) is 6.18. The van der Waals surface area contributed by atoms with Gasteiger partial charge in [0.25, 0.3) is 0 Å². The molecule has 0 aliphatic carbocycles. The Hall–Kier alpha value is -1.68. The van der Waals surface area contributed by atoms with Crippen molar-refractivity contribution in [2.24, 2.45) is 0 Å². The second kappa shape index (κ2) is 7.36. The lowest BCUT2D eigenvalue weighted by Crippen LogP contribution is -2.39. The fourth-order valence-corrected chi connectivity index (χ4v) is 2.86. The van der Waals surface area contributed by atoms with E-state index in [9.17, 15) is 18.0 Å². The lowest BCUT2D eigenvalue weighted by atomic mass is 10.3. The predicted octanol–water partition coefficient (Wildman–Crippen LogP) is 0.636. The van der Waals surface area contributed by atoms with Gasteiger partial charge in [0.2, 0.25) is 0 Å². The summed E-state index contributed by atoms with van der Waals surface area (Å²) < 4.78 is 22.5. The van der Waals surface area contributed by atoms with Gasteiger partial charge in [0.05, 0.1) is 11.8 Å². The number of sulfone groups is 1. The maximum Gasteiger partial charge on any atom is 0.355 e. The molecule has 1 aromatic heterocycles. The molecule has 0 fully saturated rings. The number of nitrogens with one attached hydrogen (secondary N) is 2. The number of hydrogen-bond acceptors (Lipinski definition) is 6. The number of carboxylic acids is 1. The summed E-state index contributed by atoms with van der Waals surface area (Å²) in [5, 5.41) is 15.6. The Morgan fingerprint density at radius 2 is 2.14 bits per heavy atom. The Morgan fingerprint density at radius 3 is 2.67 bits per heavy atom. The minimum atomic E-state index is -3.12. The normalized spacial score (nSPS) is 12.7. The number of urea groups is 1. The molecule has 10 heteroatoms. The number of thiazole rings is 1. The lowest BCUT2D eigenvalue weighted by molar-refractivity contribution is 0.0691. The number of aromatic nitrogens is 1. The molecule has 0 bridgehead atoms. The van der Waals surface area contributed by atoms with E-state index in [1.165, 1.54) is 5.38 Å². The third kappa shape index (κ3) is 5.68. The van der Waals surface area contributed by atoms with Crippen LogP contribution < -0.4 is 10.6 Å². The van der Waals surface area contributed by atoms with E-state index >= 15 is 0 Å². The Kier molecular flexibility index (Phi) is 6.09. The van der Waals surface area contributed by atoms with E-state index in [1.54, 1.807) is 13.8 Å². The molecule has 2 amide bonds. The summed E-state index contributed by atoms with van der Waals surface area (Å²) in [5.74, 6) is -1.21. The van der Waals surface area contributed by atoms with Gasteiger partial charge in [0, 0.05) is 17.7 Å². The molecule has 0 saturated heterocycles. The maximum absolute atomic E-state index is 11.6. The van der Waals surface area contributed by atoms with Crippen LogP contribution >= 0.6 is 11.3 Å². The average Bonchev–Trinajstić information content (AvgIpc) is 2.88. The summed E-state index contributed by atoms with van der Waals surface area (Å²) in [6.07, 6.45) is 0. The van der Waals surface area contributed by atoms with Gasteiger partial charge in [-0.25, -0.2) is 23.0 Å². The summed E-state index contributed by atoms with van der Waals surface area (Å²) in [4.78, 5) is 26.2. The van der Waals surface area contributed by atoms with Crippen LogP contribution in [0.5, 0.6) is 0 Å². The zero-order valence-electron chi connectivity index (χ0n) is 11.6. The minimum absolute atomic E-state index is 0.0208. The Bertz CT molecular complexity index is 611. The smallest absolute Gasteiger partial charge is 0.355 e. The Balaban J connectivity index is 2.45. The SMILES string of the molecule is CCS(=O)(=O)CCNC(=O)NC(C)c1nc(C(=O)O)cs1. The van der Waals surface area contributed by atoms with Crippen molar-refractivity contribution in [3.05, 3.63) is 16.1 Å². The van der Waals surface area contributed by atoms with E-state index in [1.807, 2.05) is 0 Å². The predicted molar refractivity (Wildman–Crippen MR) is 78.4 cm³/mol. The lowest BCUT2D eigenvalue weighted by Gasteiger charge is -2.12. The molecular weight excluding hydrogens is 318 g/mol. The maximum atomic E-state index is 11.6. The van der Waals surface area contributed by atoms with Gasteiger partial charge in [-0.05, 0) is 6.92 Å². The van der Waals surface area contributed by atoms with Gasteiger partial charge in [0.1, 0.15) is 5.01 Å². The van der Waals surface area contributed by atoms with Gasteiger partial charge in [-0.3, -0.25) is 0 Å². The van der Waals surface area contributed by atoms with Crippen LogP contribution in [0.4, 0.5) is 4.79 Å². The van der Waals surface area contributed by atoms with Gasteiger partial charge in [-0.15, -0.1) is 11.3 Å². The van der Waals surface area contributed by atoms with Gasteiger partial charge >= 0.3 is 12.0 Å². The van der Waals surface area contributed by atoms with Crippen molar-refractivity contribution in [2.75, 3.05) is 18.1 Å². The molecule has 1 atom stereocenters. The monoisotopic (exact) mass is 335 g/mol. The largest absolute Gasteiger partial charge is 0.476 e. The molecule has 0 aromatic carbocycles. The number of aromatic carboxylic acids is 1. The molecule has 0 spiro atoms. The van der Waals surface area contributed by atoms with E-state index in [0.29, 0.717) is 5.01 Å². The van der Waals surface area contributed by atoms with Crippen molar-refractivity contribution in [3.8, 4) is 0 Å². The Morgan fingerprint density at radius 1 is 1.48 bits per heavy atom. The zero-order chi connectivity index (χ0) is 16.0. The molecule has 1 rings (SSSR count). The molecular formula is C11H17N3O5S2. The van der Waals surface area contributed by atoms with E-state index < -0.39 is 27.9 Å². The van der Waals surface area contributed by atoms with E-state index in [0.717, 1.165) is 11.3 Å². The highest BCUT2D eigenvalue weighted by molar-refractivity contribution is 7.91. The second-order valence-corrected chi connectivity index (χ2v) is 7.60. The number of nitrogens with zero attached hydrogens (tertiary/aromatic N) is 1. The summed E-state index contributed by atoms with van der Waals surface area (Å²) in [6.45, 7) is 3.22. The van der Waals surface area contributed by atoms with Crippen molar-refractivity contribution in [1.29, 1.82) is 0 Å². The average molecular weight is 335 g/mol. The summed E-state index contributed by atoms with van der Waals surface area (Å²) >= 11 is 1.13. The fraction of sp³-hybridized carbons (Fsp3) is 0.545. The molecule has 1 heterocycles. The van der Waals surface area contributed by atoms with Crippen molar-refractivity contribution in [2.45, 2.75) is 19.9 Å². The zero-order valence-corrected chi connectivity index (χ0v) is 13.3. The van der Waals surface area contributed by atoms with Crippen molar-refractivity contribution in [1.82, 2.24) is 15.6 Å². The molecule has 0 aliphatic rings. The van der Waals surface area contributed by atoms with Crippen LogP contribution in [0, 0.1) is 0 Å².